The van der Waals surface area contributed by atoms with Crippen LogP contribution in [0.25, 0.3) is 0 Å². The number of carbonyl (C=O) groups excluding carboxylic acids is 2. The van der Waals surface area contributed by atoms with E-state index in [0.717, 1.165) is 24.6 Å². The number of hydrogen-bond acceptors (Lipinski definition) is 5. The summed E-state index contributed by atoms with van der Waals surface area (Å²) in [6, 6.07) is 0.0907. The summed E-state index contributed by atoms with van der Waals surface area (Å²) in [4.78, 5) is 27.0. The summed E-state index contributed by atoms with van der Waals surface area (Å²) in [5.74, 6) is 2.06. The largest absolute Gasteiger partial charge is 0.369 e. The smallest absolute Gasteiger partial charge is 0.231 e. The van der Waals surface area contributed by atoms with Crippen LogP contribution in [0.1, 0.15) is 43.8 Å². The van der Waals surface area contributed by atoms with Gasteiger partial charge in [0.1, 0.15) is 5.82 Å². The van der Waals surface area contributed by atoms with Gasteiger partial charge in [0, 0.05) is 39.0 Å². The predicted octanol–water partition coefficient (Wildman–Crippen LogP) is -0.399. The van der Waals surface area contributed by atoms with E-state index in [1.807, 2.05) is 21.4 Å². The fourth-order valence-electron chi connectivity index (χ4n) is 3.29. The first-order chi connectivity index (χ1) is 11.0. The van der Waals surface area contributed by atoms with Gasteiger partial charge >= 0.3 is 0 Å². The van der Waals surface area contributed by atoms with Crippen molar-refractivity contribution in [1.82, 2.24) is 24.6 Å². The van der Waals surface area contributed by atoms with E-state index in [9.17, 15) is 9.59 Å². The molecule has 1 aromatic rings. The van der Waals surface area contributed by atoms with Crippen molar-refractivity contribution in [3.05, 3.63) is 11.6 Å². The average molecular weight is 320 g/mol. The van der Waals surface area contributed by atoms with Crippen LogP contribution in [0.4, 0.5) is 0 Å². The Kier molecular flexibility index (Phi) is 4.34. The van der Waals surface area contributed by atoms with Crippen LogP contribution >= 0.6 is 0 Å². The van der Waals surface area contributed by atoms with Gasteiger partial charge in [-0.3, -0.25) is 14.5 Å². The summed E-state index contributed by atoms with van der Waals surface area (Å²) in [7, 11) is 1.97. The fraction of sp³-hybridized carbons (Fsp3) is 0.733. The topological polar surface area (TPSA) is 97.3 Å². The van der Waals surface area contributed by atoms with Crippen molar-refractivity contribution in [3.8, 4) is 0 Å². The molecule has 1 unspecified atom stereocenters. The molecule has 3 rings (SSSR count). The summed E-state index contributed by atoms with van der Waals surface area (Å²) >= 11 is 0. The number of likely N-dealkylation sites (tertiary alicyclic amines) is 1. The molecule has 0 bridgehead atoms. The van der Waals surface area contributed by atoms with E-state index in [1.54, 1.807) is 6.92 Å². The molecule has 23 heavy (non-hydrogen) atoms. The Labute approximate surface area is 135 Å². The molecule has 0 radical (unpaired) electrons. The van der Waals surface area contributed by atoms with Crippen molar-refractivity contribution < 1.29 is 9.59 Å². The Hall–Kier alpha value is -1.96. The van der Waals surface area contributed by atoms with E-state index in [1.165, 1.54) is 12.8 Å². The molecular weight excluding hydrogens is 296 g/mol. The van der Waals surface area contributed by atoms with Gasteiger partial charge in [-0.25, -0.2) is 0 Å². The quantitative estimate of drug-likeness (QED) is 0.769. The Morgan fingerprint density at radius 3 is 2.65 bits per heavy atom. The number of hydrogen-bond donors (Lipinski definition) is 1. The molecule has 126 valence electrons. The maximum absolute atomic E-state index is 12.1. The molecule has 2 fully saturated rings. The molecule has 2 aliphatic rings. The molecule has 1 aliphatic heterocycles. The number of primary amides is 1. The van der Waals surface area contributed by atoms with Crippen LogP contribution in [-0.4, -0.2) is 62.1 Å². The van der Waals surface area contributed by atoms with Crippen LogP contribution in [0.5, 0.6) is 0 Å². The van der Waals surface area contributed by atoms with Gasteiger partial charge in [0.25, 0.3) is 0 Å². The lowest BCUT2D eigenvalue weighted by atomic mass is 10.2. The predicted molar refractivity (Wildman–Crippen MR) is 83.2 cm³/mol. The second-order valence-corrected chi connectivity index (χ2v) is 6.60. The minimum absolute atomic E-state index is 0.0203. The Balaban J connectivity index is 1.68. The molecule has 2 amide bonds. The molecule has 1 saturated carbocycles. The summed E-state index contributed by atoms with van der Waals surface area (Å²) in [6.45, 7) is 3.74. The third-order valence-electron chi connectivity index (χ3n) is 4.73. The van der Waals surface area contributed by atoms with Crippen LogP contribution in [0.15, 0.2) is 0 Å². The van der Waals surface area contributed by atoms with Gasteiger partial charge in [-0.15, -0.1) is 10.2 Å². The maximum Gasteiger partial charge on any atom is 0.231 e. The fourth-order valence-corrected chi connectivity index (χ4v) is 3.29. The molecule has 0 aromatic carbocycles. The van der Waals surface area contributed by atoms with E-state index in [-0.39, 0.29) is 24.4 Å². The van der Waals surface area contributed by atoms with Crippen LogP contribution < -0.4 is 5.73 Å². The highest BCUT2D eigenvalue weighted by molar-refractivity contribution is 5.76. The van der Waals surface area contributed by atoms with E-state index < -0.39 is 0 Å². The van der Waals surface area contributed by atoms with Crippen molar-refractivity contribution in [3.63, 3.8) is 0 Å². The van der Waals surface area contributed by atoms with Gasteiger partial charge < -0.3 is 15.2 Å². The zero-order valence-electron chi connectivity index (χ0n) is 13.7. The lowest BCUT2D eigenvalue weighted by Gasteiger charge is -2.27. The zero-order chi connectivity index (χ0) is 16.6. The maximum atomic E-state index is 12.1. The number of amides is 2. The third kappa shape index (κ3) is 3.52. The molecular formula is C15H24N6O2. The highest BCUT2D eigenvalue weighted by Gasteiger charge is 2.32. The van der Waals surface area contributed by atoms with Gasteiger partial charge in [-0.05, 0) is 19.3 Å². The van der Waals surface area contributed by atoms with Crippen molar-refractivity contribution in [2.75, 3.05) is 19.6 Å². The van der Waals surface area contributed by atoms with Crippen LogP contribution in [0.3, 0.4) is 0 Å². The average Bonchev–Trinajstić information content (AvgIpc) is 3.11. The number of aromatic nitrogens is 3. The highest BCUT2D eigenvalue weighted by Crippen LogP contribution is 2.38. The first kappa shape index (κ1) is 15.9. The number of rotatable bonds is 6. The van der Waals surface area contributed by atoms with Gasteiger partial charge in [-0.1, -0.05) is 0 Å². The minimum atomic E-state index is -0.331. The zero-order valence-corrected chi connectivity index (χ0v) is 13.7. The molecule has 2 heterocycles. The van der Waals surface area contributed by atoms with Gasteiger partial charge in [0.05, 0.1) is 13.1 Å². The lowest BCUT2D eigenvalue weighted by molar-refractivity contribution is -0.131. The van der Waals surface area contributed by atoms with E-state index in [0.29, 0.717) is 19.0 Å². The van der Waals surface area contributed by atoms with Gasteiger partial charge in [0.15, 0.2) is 5.82 Å². The second-order valence-electron chi connectivity index (χ2n) is 6.60. The van der Waals surface area contributed by atoms with Crippen LogP contribution in [0.2, 0.25) is 0 Å². The lowest BCUT2D eigenvalue weighted by Crippen LogP contribution is -2.42. The summed E-state index contributed by atoms with van der Waals surface area (Å²) in [5.41, 5.74) is 5.25. The summed E-state index contributed by atoms with van der Waals surface area (Å²) in [5, 5.41) is 8.54. The number of nitrogens with zero attached hydrogens (tertiary/aromatic N) is 5. The molecule has 0 spiro atoms. The molecule has 2 N–H and O–H groups in total. The number of carbonyl (C=O) groups is 2. The molecule has 8 heteroatoms. The first-order valence-electron chi connectivity index (χ1n) is 8.11. The van der Waals surface area contributed by atoms with Crippen molar-refractivity contribution in [1.29, 1.82) is 0 Å². The van der Waals surface area contributed by atoms with Crippen molar-refractivity contribution in [2.24, 2.45) is 12.8 Å². The highest BCUT2D eigenvalue weighted by atomic mass is 16.2. The van der Waals surface area contributed by atoms with Crippen molar-refractivity contribution in [2.45, 2.75) is 44.7 Å². The molecule has 1 saturated heterocycles. The van der Waals surface area contributed by atoms with Crippen molar-refractivity contribution >= 4 is 11.8 Å². The number of nitrogens with two attached hydrogens (primary N) is 1. The second kappa shape index (κ2) is 6.27. The van der Waals surface area contributed by atoms with Crippen LogP contribution in [0, 0.1) is 0 Å². The molecule has 8 nitrogen and oxygen atoms in total. The van der Waals surface area contributed by atoms with E-state index in [4.69, 9.17) is 5.73 Å². The Bertz CT molecular complexity index is 609. The summed E-state index contributed by atoms with van der Waals surface area (Å²) in [6.07, 6.45) is 3.19. The minimum Gasteiger partial charge on any atom is -0.369 e. The van der Waals surface area contributed by atoms with Gasteiger partial charge in [0.2, 0.25) is 11.8 Å². The van der Waals surface area contributed by atoms with E-state index >= 15 is 0 Å². The molecule has 1 aromatic heterocycles. The SMILES string of the molecule is CC(=O)N(Cc1nnc(C2CC2)n1C)C1CCN(CC(N)=O)C1. The standard InChI is InChI=1S/C15H24N6O2/c1-10(22)21(12-5-6-20(7-12)8-13(16)23)9-14-17-18-15(19(14)2)11-3-4-11/h11-12H,3-9H2,1-2H3,(H2,16,23). The first-order valence-corrected chi connectivity index (χ1v) is 8.11. The van der Waals surface area contributed by atoms with Gasteiger partial charge in [-0.2, -0.15) is 0 Å². The summed E-state index contributed by atoms with van der Waals surface area (Å²) < 4.78 is 2.02. The Morgan fingerprint density at radius 1 is 1.30 bits per heavy atom. The van der Waals surface area contributed by atoms with Crippen LogP contribution in [-0.2, 0) is 23.2 Å². The third-order valence-corrected chi connectivity index (χ3v) is 4.73. The normalized spacial score (nSPS) is 21.6. The molecule has 1 aliphatic carbocycles. The Morgan fingerprint density at radius 2 is 2.04 bits per heavy atom. The molecule has 1 atom stereocenters. The monoisotopic (exact) mass is 320 g/mol. The van der Waals surface area contributed by atoms with E-state index in [2.05, 4.69) is 10.2 Å².